The number of hydrogen-bond donors (Lipinski definition) is 0. The van der Waals surface area contributed by atoms with E-state index in [9.17, 15) is 4.79 Å². The zero-order chi connectivity index (χ0) is 10.7. The van der Waals surface area contributed by atoms with Crippen molar-refractivity contribution in [2.45, 2.75) is 6.92 Å². The lowest BCUT2D eigenvalue weighted by atomic mass is 10.2. The summed E-state index contributed by atoms with van der Waals surface area (Å²) >= 11 is 0. The molecule has 0 radical (unpaired) electrons. The van der Waals surface area contributed by atoms with Gasteiger partial charge in [-0.1, -0.05) is 0 Å². The molecule has 15 heavy (non-hydrogen) atoms. The van der Waals surface area contributed by atoms with Crippen LogP contribution >= 0.6 is 0 Å². The molecule has 0 saturated heterocycles. The van der Waals surface area contributed by atoms with E-state index < -0.39 is 0 Å². The van der Waals surface area contributed by atoms with Gasteiger partial charge in [0, 0.05) is 12.4 Å². The number of aldehydes is 1. The van der Waals surface area contributed by atoms with Crippen LogP contribution in [0.4, 0.5) is 0 Å². The standard InChI is InChI=1S/C11H9N3O/c1-8-2-4-12-10(6-8)11-13-5-3-9(7-15)14-11/h2-7H,1H3. The molecular weight excluding hydrogens is 190 g/mol. The minimum Gasteiger partial charge on any atom is -0.296 e. The molecule has 4 nitrogen and oxygen atoms in total. The zero-order valence-electron chi connectivity index (χ0n) is 8.21. The Morgan fingerprint density at radius 3 is 2.73 bits per heavy atom. The van der Waals surface area contributed by atoms with Crippen molar-refractivity contribution in [2.75, 3.05) is 0 Å². The molecule has 0 spiro atoms. The van der Waals surface area contributed by atoms with Gasteiger partial charge in [0.2, 0.25) is 0 Å². The summed E-state index contributed by atoms with van der Waals surface area (Å²) in [7, 11) is 0. The Balaban J connectivity index is 2.49. The zero-order valence-corrected chi connectivity index (χ0v) is 8.21. The van der Waals surface area contributed by atoms with Crippen LogP contribution in [0.3, 0.4) is 0 Å². The van der Waals surface area contributed by atoms with E-state index in [-0.39, 0.29) is 0 Å². The maximum absolute atomic E-state index is 10.5. The van der Waals surface area contributed by atoms with E-state index in [0.717, 1.165) is 5.56 Å². The number of aryl methyl sites for hydroxylation is 1. The lowest BCUT2D eigenvalue weighted by Gasteiger charge is -1.99. The van der Waals surface area contributed by atoms with E-state index in [1.807, 2.05) is 19.1 Å². The van der Waals surface area contributed by atoms with Crippen LogP contribution in [0.25, 0.3) is 11.5 Å². The van der Waals surface area contributed by atoms with Gasteiger partial charge >= 0.3 is 0 Å². The van der Waals surface area contributed by atoms with Gasteiger partial charge in [0.1, 0.15) is 11.4 Å². The van der Waals surface area contributed by atoms with E-state index in [4.69, 9.17) is 0 Å². The van der Waals surface area contributed by atoms with E-state index in [0.29, 0.717) is 23.5 Å². The first-order valence-electron chi connectivity index (χ1n) is 4.51. The topological polar surface area (TPSA) is 55.7 Å². The summed E-state index contributed by atoms with van der Waals surface area (Å²) in [5, 5.41) is 0. The molecule has 2 rings (SSSR count). The SMILES string of the molecule is Cc1ccnc(-c2nccc(C=O)n2)c1. The van der Waals surface area contributed by atoms with Crippen LogP contribution < -0.4 is 0 Å². The molecule has 0 aliphatic rings. The number of carbonyl (C=O) groups excluding carboxylic acids is 1. The highest BCUT2D eigenvalue weighted by molar-refractivity contribution is 5.72. The van der Waals surface area contributed by atoms with Gasteiger partial charge in [0.05, 0.1) is 0 Å². The minimum absolute atomic E-state index is 0.364. The Morgan fingerprint density at radius 1 is 1.20 bits per heavy atom. The first kappa shape index (κ1) is 9.45. The highest BCUT2D eigenvalue weighted by Crippen LogP contribution is 2.12. The molecule has 0 aromatic carbocycles. The molecule has 0 amide bonds. The smallest absolute Gasteiger partial charge is 0.178 e. The fourth-order valence-corrected chi connectivity index (χ4v) is 1.22. The Bertz CT molecular complexity index is 497. The maximum atomic E-state index is 10.5. The maximum Gasteiger partial charge on any atom is 0.178 e. The molecule has 2 heterocycles. The monoisotopic (exact) mass is 199 g/mol. The Hall–Kier alpha value is -2.10. The average Bonchev–Trinajstić information content (AvgIpc) is 2.29. The molecule has 0 N–H and O–H groups in total. The summed E-state index contributed by atoms with van der Waals surface area (Å²) in [6.45, 7) is 1.97. The second kappa shape index (κ2) is 3.96. The molecule has 0 unspecified atom stereocenters. The summed E-state index contributed by atoms with van der Waals surface area (Å²) in [5.74, 6) is 0.475. The third-order valence-corrected chi connectivity index (χ3v) is 1.94. The van der Waals surface area contributed by atoms with Crippen molar-refractivity contribution in [3.63, 3.8) is 0 Å². The third-order valence-electron chi connectivity index (χ3n) is 1.94. The number of nitrogens with zero attached hydrogens (tertiary/aromatic N) is 3. The first-order chi connectivity index (χ1) is 7.29. The van der Waals surface area contributed by atoms with Crippen molar-refractivity contribution >= 4 is 6.29 Å². The van der Waals surface area contributed by atoms with E-state index in [2.05, 4.69) is 15.0 Å². The second-order valence-corrected chi connectivity index (χ2v) is 3.14. The van der Waals surface area contributed by atoms with Crippen LogP contribution in [0, 0.1) is 6.92 Å². The van der Waals surface area contributed by atoms with Crippen molar-refractivity contribution < 1.29 is 4.79 Å². The van der Waals surface area contributed by atoms with Gasteiger partial charge in [0.25, 0.3) is 0 Å². The number of rotatable bonds is 2. The molecule has 0 saturated carbocycles. The van der Waals surface area contributed by atoms with Crippen LogP contribution in [-0.4, -0.2) is 21.2 Å². The lowest BCUT2D eigenvalue weighted by Crippen LogP contribution is -1.95. The van der Waals surface area contributed by atoms with Crippen molar-refractivity contribution in [3.8, 4) is 11.5 Å². The molecule has 2 aromatic heterocycles. The lowest BCUT2D eigenvalue weighted by molar-refractivity contribution is 0.111. The molecule has 2 aromatic rings. The largest absolute Gasteiger partial charge is 0.296 e. The molecule has 4 heteroatoms. The summed E-state index contributed by atoms with van der Waals surface area (Å²) in [6, 6.07) is 5.34. The summed E-state index contributed by atoms with van der Waals surface area (Å²) < 4.78 is 0. The van der Waals surface area contributed by atoms with Gasteiger partial charge in [-0.25, -0.2) is 9.97 Å². The van der Waals surface area contributed by atoms with E-state index >= 15 is 0 Å². The van der Waals surface area contributed by atoms with Gasteiger partial charge in [0.15, 0.2) is 12.1 Å². The van der Waals surface area contributed by atoms with Gasteiger partial charge in [-0.3, -0.25) is 9.78 Å². The molecule has 74 valence electrons. The molecular formula is C11H9N3O. The van der Waals surface area contributed by atoms with E-state index in [1.165, 1.54) is 0 Å². The van der Waals surface area contributed by atoms with Gasteiger partial charge in [-0.05, 0) is 30.7 Å². The fraction of sp³-hybridized carbons (Fsp3) is 0.0909. The number of carbonyl (C=O) groups is 1. The molecule has 0 fully saturated rings. The fourth-order valence-electron chi connectivity index (χ4n) is 1.22. The highest BCUT2D eigenvalue weighted by atomic mass is 16.1. The minimum atomic E-state index is 0.364. The summed E-state index contributed by atoms with van der Waals surface area (Å²) in [4.78, 5) is 22.8. The average molecular weight is 199 g/mol. The molecule has 0 atom stereocenters. The number of aromatic nitrogens is 3. The normalized spacial score (nSPS) is 9.93. The van der Waals surface area contributed by atoms with Crippen LogP contribution in [-0.2, 0) is 0 Å². The Kier molecular flexibility index (Phi) is 2.49. The quantitative estimate of drug-likeness (QED) is 0.690. The van der Waals surface area contributed by atoms with E-state index in [1.54, 1.807) is 18.5 Å². The van der Waals surface area contributed by atoms with Crippen LogP contribution in [0.1, 0.15) is 16.1 Å². The number of hydrogen-bond acceptors (Lipinski definition) is 4. The molecule has 0 aliphatic carbocycles. The Labute approximate surface area is 87.0 Å². The predicted molar refractivity (Wildman–Crippen MR) is 55.4 cm³/mol. The predicted octanol–water partition coefficient (Wildman–Crippen LogP) is 1.66. The number of pyridine rings is 1. The van der Waals surface area contributed by atoms with Crippen LogP contribution in [0.15, 0.2) is 30.6 Å². The van der Waals surface area contributed by atoms with Crippen LogP contribution in [0.5, 0.6) is 0 Å². The van der Waals surface area contributed by atoms with Crippen molar-refractivity contribution in [1.29, 1.82) is 0 Å². The van der Waals surface area contributed by atoms with Gasteiger partial charge < -0.3 is 0 Å². The van der Waals surface area contributed by atoms with Crippen molar-refractivity contribution in [2.24, 2.45) is 0 Å². The highest BCUT2D eigenvalue weighted by Gasteiger charge is 2.03. The van der Waals surface area contributed by atoms with Gasteiger partial charge in [-0.2, -0.15) is 0 Å². The second-order valence-electron chi connectivity index (χ2n) is 3.14. The summed E-state index contributed by atoms with van der Waals surface area (Å²) in [5.41, 5.74) is 2.13. The molecule has 0 aliphatic heterocycles. The summed E-state index contributed by atoms with van der Waals surface area (Å²) in [6.07, 6.45) is 3.94. The third kappa shape index (κ3) is 2.04. The Morgan fingerprint density at radius 2 is 2.00 bits per heavy atom. The first-order valence-corrected chi connectivity index (χ1v) is 4.51. The van der Waals surface area contributed by atoms with Crippen molar-refractivity contribution in [1.82, 2.24) is 15.0 Å². The van der Waals surface area contributed by atoms with Crippen molar-refractivity contribution in [3.05, 3.63) is 41.9 Å². The van der Waals surface area contributed by atoms with Crippen LogP contribution in [0.2, 0.25) is 0 Å². The molecule has 0 bridgehead atoms. The van der Waals surface area contributed by atoms with Gasteiger partial charge in [-0.15, -0.1) is 0 Å².